The number of methoxy groups -OCH3 is 1. The van der Waals surface area contributed by atoms with E-state index in [1.54, 1.807) is 18.7 Å². The predicted octanol–water partition coefficient (Wildman–Crippen LogP) is 0.455. The largest absolute Gasteiger partial charge is 0.453 e. The molecule has 1 saturated heterocycles. The summed E-state index contributed by atoms with van der Waals surface area (Å²) in [6, 6.07) is 0. The van der Waals surface area contributed by atoms with Gasteiger partial charge in [-0.15, -0.1) is 0 Å². The zero-order chi connectivity index (χ0) is 9.35. The average Bonchev–Trinajstić information content (AvgIpc) is 1.80. The normalized spacial score (nSPS) is 18.8. The molecule has 0 aromatic rings. The lowest BCUT2D eigenvalue weighted by Crippen LogP contribution is -2.57. The van der Waals surface area contributed by atoms with Crippen LogP contribution >= 0.6 is 0 Å². The predicted molar refractivity (Wildman–Crippen MR) is 43.8 cm³/mol. The first-order chi connectivity index (χ1) is 5.45. The van der Waals surface area contributed by atoms with Crippen molar-refractivity contribution < 1.29 is 14.6 Å². The van der Waals surface area contributed by atoms with Gasteiger partial charge in [-0.3, -0.25) is 0 Å². The van der Waals surface area contributed by atoms with E-state index < -0.39 is 5.60 Å². The van der Waals surface area contributed by atoms with Crippen LogP contribution in [0.25, 0.3) is 0 Å². The Hall–Kier alpha value is -0.770. The van der Waals surface area contributed by atoms with Crippen molar-refractivity contribution in [2.24, 2.45) is 5.92 Å². The molecule has 0 bridgehead atoms. The minimum atomic E-state index is -0.690. The zero-order valence-corrected chi connectivity index (χ0v) is 7.70. The molecule has 1 fully saturated rings. The van der Waals surface area contributed by atoms with Gasteiger partial charge in [0.1, 0.15) is 0 Å². The fourth-order valence-electron chi connectivity index (χ4n) is 1.20. The molecule has 1 N–H and O–H groups in total. The van der Waals surface area contributed by atoms with E-state index in [2.05, 4.69) is 4.74 Å². The number of rotatable bonds is 1. The molecule has 0 saturated carbocycles. The number of hydrogen-bond donors (Lipinski definition) is 1. The summed E-state index contributed by atoms with van der Waals surface area (Å²) in [6.45, 7) is 4.70. The molecule has 4 heteroatoms. The van der Waals surface area contributed by atoms with Crippen molar-refractivity contribution in [2.45, 2.75) is 19.4 Å². The highest BCUT2D eigenvalue weighted by atomic mass is 16.5. The fraction of sp³-hybridized carbons (Fsp3) is 0.875. The molecule has 0 aliphatic carbocycles. The number of likely N-dealkylation sites (tertiary alicyclic amines) is 1. The quantitative estimate of drug-likeness (QED) is 0.626. The molecule has 1 amide bonds. The Kier molecular flexibility index (Phi) is 2.28. The number of ether oxygens (including phenoxy) is 1. The van der Waals surface area contributed by atoms with E-state index in [0.29, 0.717) is 13.1 Å². The van der Waals surface area contributed by atoms with Crippen molar-refractivity contribution in [3.8, 4) is 0 Å². The summed E-state index contributed by atoms with van der Waals surface area (Å²) < 4.78 is 4.52. The molecule has 1 rings (SSSR count). The Morgan fingerprint density at radius 2 is 2.08 bits per heavy atom. The third-order valence-electron chi connectivity index (χ3n) is 2.31. The van der Waals surface area contributed by atoms with Gasteiger partial charge in [0.05, 0.1) is 12.7 Å². The topological polar surface area (TPSA) is 49.8 Å². The second-order valence-corrected chi connectivity index (χ2v) is 3.73. The van der Waals surface area contributed by atoms with E-state index in [9.17, 15) is 9.90 Å². The Balaban J connectivity index is 2.34. The lowest BCUT2D eigenvalue weighted by Gasteiger charge is -2.44. The van der Waals surface area contributed by atoms with Gasteiger partial charge in [0.2, 0.25) is 0 Å². The minimum Gasteiger partial charge on any atom is -0.453 e. The van der Waals surface area contributed by atoms with Crippen molar-refractivity contribution in [1.29, 1.82) is 0 Å². The third-order valence-corrected chi connectivity index (χ3v) is 2.31. The van der Waals surface area contributed by atoms with Gasteiger partial charge in [0.25, 0.3) is 0 Å². The van der Waals surface area contributed by atoms with E-state index >= 15 is 0 Å². The van der Waals surface area contributed by atoms with Gasteiger partial charge in [-0.1, -0.05) is 0 Å². The van der Waals surface area contributed by atoms with Crippen LogP contribution in [0.5, 0.6) is 0 Å². The maximum absolute atomic E-state index is 10.9. The van der Waals surface area contributed by atoms with Gasteiger partial charge < -0.3 is 14.7 Å². The van der Waals surface area contributed by atoms with Gasteiger partial charge in [-0.25, -0.2) is 4.79 Å². The van der Waals surface area contributed by atoms with Gasteiger partial charge in [0.15, 0.2) is 0 Å². The van der Waals surface area contributed by atoms with Crippen LogP contribution in [0.3, 0.4) is 0 Å². The SMILES string of the molecule is COC(=O)N1CC(C(C)(C)O)C1. The monoisotopic (exact) mass is 173 g/mol. The number of carbonyl (C=O) groups is 1. The highest BCUT2D eigenvalue weighted by molar-refractivity contribution is 5.68. The number of carbonyl (C=O) groups excluding carboxylic acids is 1. The smallest absolute Gasteiger partial charge is 0.409 e. The Morgan fingerprint density at radius 3 is 2.42 bits per heavy atom. The molecule has 0 spiro atoms. The first-order valence-corrected chi connectivity index (χ1v) is 4.00. The van der Waals surface area contributed by atoms with Crippen LogP contribution in [0.1, 0.15) is 13.8 Å². The second-order valence-electron chi connectivity index (χ2n) is 3.73. The molecule has 12 heavy (non-hydrogen) atoms. The van der Waals surface area contributed by atoms with Crippen molar-refractivity contribution in [1.82, 2.24) is 4.90 Å². The van der Waals surface area contributed by atoms with Gasteiger partial charge in [-0.05, 0) is 13.8 Å². The minimum absolute atomic E-state index is 0.177. The molecule has 1 aliphatic rings. The van der Waals surface area contributed by atoms with Crippen molar-refractivity contribution in [3.05, 3.63) is 0 Å². The van der Waals surface area contributed by atoms with Crippen molar-refractivity contribution in [3.63, 3.8) is 0 Å². The van der Waals surface area contributed by atoms with Crippen LogP contribution in [0.4, 0.5) is 4.79 Å². The Labute approximate surface area is 72.1 Å². The van der Waals surface area contributed by atoms with E-state index in [1.807, 2.05) is 0 Å². The van der Waals surface area contributed by atoms with Crippen LogP contribution in [0.15, 0.2) is 0 Å². The first kappa shape index (κ1) is 9.32. The molecule has 0 aromatic heterocycles. The summed E-state index contributed by atoms with van der Waals surface area (Å²) in [4.78, 5) is 12.5. The summed E-state index contributed by atoms with van der Waals surface area (Å²) >= 11 is 0. The summed E-state index contributed by atoms with van der Waals surface area (Å²) in [5.74, 6) is 0.177. The van der Waals surface area contributed by atoms with Gasteiger partial charge in [0, 0.05) is 19.0 Å². The van der Waals surface area contributed by atoms with Crippen LogP contribution in [0, 0.1) is 5.92 Å². The number of aliphatic hydroxyl groups is 1. The van der Waals surface area contributed by atoms with E-state index in [-0.39, 0.29) is 12.0 Å². The average molecular weight is 173 g/mol. The third kappa shape index (κ3) is 1.69. The Morgan fingerprint density at radius 1 is 1.58 bits per heavy atom. The molecule has 1 aliphatic heterocycles. The Bertz CT molecular complexity index is 179. The zero-order valence-electron chi connectivity index (χ0n) is 7.70. The summed E-state index contributed by atoms with van der Waals surface area (Å²) in [5, 5.41) is 9.53. The molecule has 1 heterocycles. The standard InChI is InChI=1S/C8H15NO3/c1-8(2,11)6-4-9(5-6)7(10)12-3/h6,11H,4-5H2,1-3H3. The van der Waals surface area contributed by atoms with Gasteiger partial charge in [-0.2, -0.15) is 0 Å². The molecule has 70 valence electrons. The van der Waals surface area contributed by atoms with Crippen LogP contribution < -0.4 is 0 Å². The second kappa shape index (κ2) is 2.94. The summed E-state index contributed by atoms with van der Waals surface area (Å²) in [6.07, 6.45) is -0.310. The highest BCUT2D eigenvalue weighted by Gasteiger charge is 2.40. The summed E-state index contributed by atoms with van der Waals surface area (Å²) in [5.41, 5.74) is -0.690. The van der Waals surface area contributed by atoms with Crippen LogP contribution in [0.2, 0.25) is 0 Å². The maximum atomic E-state index is 10.9. The molecule has 0 atom stereocenters. The molecular formula is C8H15NO3. The molecule has 0 unspecified atom stereocenters. The maximum Gasteiger partial charge on any atom is 0.409 e. The molecule has 0 aromatic carbocycles. The van der Waals surface area contributed by atoms with E-state index in [4.69, 9.17) is 0 Å². The molecule has 0 radical (unpaired) electrons. The lowest BCUT2D eigenvalue weighted by molar-refractivity contribution is -0.0545. The first-order valence-electron chi connectivity index (χ1n) is 4.00. The summed E-state index contributed by atoms with van der Waals surface area (Å²) in [7, 11) is 1.36. The lowest BCUT2D eigenvalue weighted by atomic mass is 9.85. The molecule has 4 nitrogen and oxygen atoms in total. The van der Waals surface area contributed by atoms with E-state index in [1.165, 1.54) is 7.11 Å². The number of hydrogen-bond acceptors (Lipinski definition) is 3. The van der Waals surface area contributed by atoms with Gasteiger partial charge >= 0.3 is 6.09 Å². The fourth-order valence-corrected chi connectivity index (χ4v) is 1.20. The molecular weight excluding hydrogens is 158 g/mol. The van der Waals surface area contributed by atoms with Crippen molar-refractivity contribution in [2.75, 3.05) is 20.2 Å². The van der Waals surface area contributed by atoms with Crippen LogP contribution in [-0.2, 0) is 4.74 Å². The van der Waals surface area contributed by atoms with Crippen LogP contribution in [-0.4, -0.2) is 41.9 Å². The highest BCUT2D eigenvalue weighted by Crippen LogP contribution is 2.26. The number of amides is 1. The van der Waals surface area contributed by atoms with Crippen molar-refractivity contribution >= 4 is 6.09 Å². The van der Waals surface area contributed by atoms with E-state index in [0.717, 1.165) is 0 Å². The number of nitrogens with zero attached hydrogens (tertiary/aromatic N) is 1.